The van der Waals surface area contributed by atoms with Gasteiger partial charge in [-0.1, -0.05) is 33.9 Å². The largest absolute Gasteiger partial charge is 0.468 e. The number of carbonyl (C=O) groups excluding carboxylic acids is 1. The molecule has 0 spiro atoms. The van der Waals surface area contributed by atoms with E-state index in [9.17, 15) is 4.79 Å². The van der Waals surface area contributed by atoms with Crippen LogP contribution in [0.3, 0.4) is 0 Å². The summed E-state index contributed by atoms with van der Waals surface area (Å²) in [6.45, 7) is 13.3. The highest BCUT2D eigenvalue weighted by Gasteiger charge is 2.38. The smallest absolute Gasteiger partial charge is 0.317 e. The summed E-state index contributed by atoms with van der Waals surface area (Å²) >= 11 is 1.81. The van der Waals surface area contributed by atoms with Crippen LogP contribution in [0.1, 0.15) is 27.7 Å². The number of hydrogen-bond donors (Lipinski definition) is 0. The van der Waals surface area contributed by atoms with Gasteiger partial charge in [0.15, 0.2) is 0 Å². The van der Waals surface area contributed by atoms with E-state index in [0.29, 0.717) is 5.04 Å². The molecule has 0 fully saturated rings. The fourth-order valence-corrected chi connectivity index (χ4v) is 6.26. The van der Waals surface area contributed by atoms with E-state index in [-0.39, 0.29) is 11.2 Å². The molecule has 0 aliphatic heterocycles. The van der Waals surface area contributed by atoms with E-state index in [1.54, 1.807) is 11.2 Å². The van der Waals surface area contributed by atoms with E-state index >= 15 is 0 Å². The Labute approximate surface area is 92.4 Å². The first-order valence-electron chi connectivity index (χ1n) is 4.87. The van der Waals surface area contributed by atoms with Gasteiger partial charge in [0.2, 0.25) is 0 Å². The highest BCUT2D eigenvalue weighted by atomic mass is 32.4. The molecule has 1 unspecified atom stereocenters. The van der Waals surface area contributed by atoms with Crippen molar-refractivity contribution in [3.05, 3.63) is 0 Å². The molecule has 2 nitrogen and oxygen atoms in total. The molecule has 0 aromatic heterocycles. The maximum absolute atomic E-state index is 11.3. The molecule has 0 rings (SSSR count). The third-order valence-electron chi connectivity index (χ3n) is 2.81. The summed E-state index contributed by atoms with van der Waals surface area (Å²) in [5.74, 6) is -0.111. The zero-order valence-corrected chi connectivity index (χ0v) is 12.1. The van der Waals surface area contributed by atoms with Crippen LogP contribution in [0.15, 0.2) is 0 Å². The quantitative estimate of drug-likeness (QED) is 0.554. The first-order chi connectivity index (χ1) is 6.12. The number of hydrogen-bond acceptors (Lipinski definition) is 3. The highest BCUT2D eigenvalue weighted by molar-refractivity contribution is 8.29. The van der Waals surface area contributed by atoms with Gasteiger partial charge < -0.3 is 4.74 Å². The number of carbonyl (C=O) groups is 1. The normalized spacial score (nSPS) is 15.1. The van der Waals surface area contributed by atoms with E-state index < -0.39 is 7.22 Å². The lowest BCUT2D eigenvalue weighted by Crippen LogP contribution is -2.37. The lowest BCUT2D eigenvalue weighted by molar-refractivity contribution is -0.139. The van der Waals surface area contributed by atoms with Crippen molar-refractivity contribution >= 4 is 24.4 Å². The number of rotatable bonds is 3. The number of esters is 1. The molecule has 0 radical (unpaired) electrons. The van der Waals surface area contributed by atoms with Crippen molar-refractivity contribution in [3.63, 3.8) is 0 Å². The van der Waals surface area contributed by atoms with E-state index in [0.717, 1.165) is 0 Å². The lowest BCUT2D eigenvalue weighted by Gasteiger charge is -2.37. The number of methoxy groups -OCH3 is 1. The molecule has 0 saturated carbocycles. The SMILES string of the molecule is COC(=O)C(C)S[Si](C)(C)C(C)(C)C. The highest BCUT2D eigenvalue weighted by Crippen LogP contribution is 2.44. The first kappa shape index (κ1) is 14.0. The van der Waals surface area contributed by atoms with Crippen molar-refractivity contribution in [1.82, 2.24) is 0 Å². The molecule has 84 valence electrons. The van der Waals surface area contributed by atoms with Crippen LogP contribution in [-0.4, -0.2) is 25.6 Å². The molecule has 0 aromatic carbocycles. The molecular formula is C10H22O2SSi. The van der Waals surface area contributed by atoms with Crippen LogP contribution in [0.4, 0.5) is 0 Å². The fraction of sp³-hybridized carbons (Fsp3) is 0.900. The number of ether oxygens (including phenoxy) is 1. The second-order valence-electron chi connectivity index (χ2n) is 5.04. The molecule has 0 amide bonds. The molecule has 0 heterocycles. The van der Waals surface area contributed by atoms with Crippen LogP contribution >= 0.6 is 11.2 Å². The molecule has 14 heavy (non-hydrogen) atoms. The van der Waals surface area contributed by atoms with E-state index in [1.807, 2.05) is 6.92 Å². The van der Waals surface area contributed by atoms with Gasteiger partial charge in [-0.05, 0) is 12.0 Å². The molecule has 1 atom stereocenters. The Hall–Kier alpha value is 0.0369. The molecule has 0 aliphatic carbocycles. The summed E-state index contributed by atoms with van der Waals surface area (Å²) in [6, 6.07) is 0. The minimum atomic E-state index is -1.43. The molecule has 4 heteroatoms. The van der Waals surface area contributed by atoms with Crippen LogP contribution in [-0.2, 0) is 9.53 Å². The van der Waals surface area contributed by atoms with Gasteiger partial charge in [-0.3, -0.25) is 4.79 Å². The van der Waals surface area contributed by atoms with E-state index in [1.165, 1.54) is 7.11 Å². The third kappa shape index (κ3) is 3.65. The van der Waals surface area contributed by atoms with Crippen LogP contribution in [0, 0.1) is 0 Å². The van der Waals surface area contributed by atoms with Gasteiger partial charge in [0.05, 0.1) is 12.4 Å². The van der Waals surface area contributed by atoms with Gasteiger partial charge in [0.1, 0.15) is 7.22 Å². The second kappa shape index (κ2) is 4.70. The van der Waals surface area contributed by atoms with Crippen molar-refractivity contribution in [2.75, 3.05) is 7.11 Å². The molecular weight excluding hydrogens is 212 g/mol. The Kier molecular flexibility index (Phi) is 4.72. The minimum Gasteiger partial charge on any atom is -0.468 e. The predicted octanol–water partition coefficient (Wildman–Crippen LogP) is 3.29. The van der Waals surface area contributed by atoms with Crippen molar-refractivity contribution in [3.8, 4) is 0 Å². The molecule has 0 saturated heterocycles. The van der Waals surface area contributed by atoms with E-state index in [2.05, 4.69) is 33.9 Å². The predicted molar refractivity (Wildman–Crippen MR) is 66.3 cm³/mol. The summed E-state index contributed by atoms with van der Waals surface area (Å²) in [5, 5.41) is 0.265. The summed E-state index contributed by atoms with van der Waals surface area (Å²) in [5.41, 5.74) is 0. The van der Waals surface area contributed by atoms with Gasteiger partial charge >= 0.3 is 5.97 Å². The Morgan fingerprint density at radius 2 is 1.79 bits per heavy atom. The van der Waals surface area contributed by atoms with Crippen LogP contribution < -0.4 is 0 Å². The zero-order valence-electron chi connectivity index (χ0n) is 10.3. The summed E-state index contributed by atoms with van der Waals surface area (Å²) in [4.78, 5) is 11.3. The Balaban J connectivity index is 4.44. The zero-order chi connectivity index (χ0) is 11.6. The van der Waals surface area contributed by atoms with Crippen molar-refractivity contribution < 1.29 is 9.53 Å². The monoisotopic (exact) mass is 234 g/mol. The Morgan fingerprint density at radius 3 is 2.07 bits per heavy atom. The van der Waals surface area contributed by atoms with Crippen LogP contribution in [0.25, 0.3) is 0 Å². The van der Waals surface area contributed by atoms with Crippen LogP contribution in [0.2, 0.25) is 18.1 Å². The van der Waals surface area contributed by atoms with Crippen molar-refractivity contribution in [2.45, 2.75) is 51.1 Å². The average Bonchev–Trinajstić information content (AvgIpc) is 2.00. The van der Waals surface area contributed by atoms with Crippen LogP contribution in [0.5, 0.6) is 0 Å². The third-order valence-corrected chi connectivity index (χ3v) is 12.2. The minimum absolute atomic E-state index is 0.0408. The Bertz CT molecular complexity index is 209. The van der Waals surface area contributed by atoms with Gasteiger partial charge in [0.25, 0.3) is 0 Å². The average molecular weight is 234 g/mol. The summed E-state index contributed by atoms with van der Waals surface area (Å²) in [6.07, 6.45) is 0. The van der Waals surface area contributed by atoms with Gasteiger partial charge in [-0.2, -0.15) is 11.2 Å². The molecule has 0 bridgehead atoms. The van der Waals surface area contributed by atoms with Gasteiger partial charge in [-0.15, -0.1) is 0 Å². The fourth-order valence-electron chi connectivity index (χ4n) is 0.833. The first-order valence-corrected chi connectivity index (χ1v) is 9.48. The second-order valence-corrected chi connectivity index (χ2v) is 14.3. The van der Waals surface area contributed by atoms with Crippen molar-refractivity contribution in [2.24, 2.45) is 0 Å². The summed E-state index contributed by atoms with van der Waals surface area (Å²) in [7, 11) is 0.0183. The lowest BCUT2D eigenvalue weighted by atomic mass is 10.2. The maximum atomic E-state index is 11.3. The van der Waals surface area contributed by atoms with E-state index in [4.69, 9.17) is 4.74 Å². The van der Waals surface area contributed by atoms with Crippen molar-refractivity contribution in [1.29, 1.82) is 0 Å². The molecule has 0 aromatic rings. The maximum Gasteiger partial charge on any atom is 0.317 e. The van der Waals surface area contributed by atoms with Gasteiger partial charge in [0, 0.05) is 0 Å². The standard InChI is InChI=1S/C10H22O2SSi/c1-8(9(11)12-5)13-14(6,7)10(2,3)4/h8H,1-7H3. The topological polar surface area (TPSA) is 26.3 Å². The molecule has 0 N–H and O–H groups in total. The summed E-state index contributed by atoms with van der Waals surface area (Å²) < 4.78 is 4.73. The Morgan fingerprint density at radius 1 is 1.36 bits per heavy atom. The van der Waals surface area contributed by atoms with Gasteiger partial charge in [-0.25, -0.2) is 0 Å². The molecule has 0 aliphatic rings.